The monoisotopic (exact) mass is 274 g/mol. The highest BCUT2D eigenvalue weighted by molar-refractivity contribution is 7.12. The number of hydrogen-bond donors (Lipinski definition) is 0. The van der Waals surface area contributed by atoms with Crippen molar-refractivity contribution in [2.24, 2.45) is 5.10 Å². The summed E-state index contributed by atoms with van der Waals surface area (Å²) in [6.07, 6.45) is 0.701. The SMILES string of the molecule is CC(=O)N1N=C(c2cccs2)CC1c1ccc(C)o1. The van der Waals surface area contributed by atoms with E-state index in [4.69, 9.17) is 4.42 Å². The molecule has 0 saturated carbocycles. The predicted octanol–water partition coefficient (Wildman–Crippen LogP) is 3.35. The lowest BCUT2D eigenvalue weighted by atomic mass is 10.1. The number of nitrogens with zero attached hydrogens (tertiary/aromatic N) is 2. The van der Waals surface area contributed by atoms with Crippen LogP contribution in [0.15, 0.2) is 39.2 Å². The van der Waals surface area contributed by atoms with Gasteiger partial charge in [0.25, 0.3) is 0 Å². The molecule has 1 amide bonds. The molecular weight excluding hydrogens is 260 g/mol. The number of hydrazone groups is 1. The molecule has 19 heavy (non-hydrogen) atoms. The minimum Gasteiger partial charge on any atom is -0.464 e. The number of aryl methyl sites for hydroxylation is 1. The molecule has 0 fully saturated rings. The first-order chi connectivity index (χ1) is 9.15. The van der Waals surface area contributed by atoms with Crippen molar-refractivity contribution in [1.82, 2.24) is 5.01 Å². The molecule has 0 saturated heterocycles. The first-order valence-electron chi connectivity index (χ1n) is 6.12. The third-order valence-corrected chi connectivity index (χ3v) is 4.05. The Labute approximate surface area is 115 Å². The van der Waals surface area contributed by atoms with Crippen molar-refractivity contribution in [3.8, 4) is 0 Å². The van der Waals surface area contributed by atoms with E-state index in [-0.39, 0.29) is 11.9 Å². The molecule has 2 aromatic heterocycles. The largest absolute Gasteiger partial charge is 0.464 e. The molecule has 0 N–H and O–H groups in total. The van der Waals surface area contributed by atoms with Gasteiger partial charge < -0.3 is 4.42 Å². The van der Waals surface area contributed by atoms with Gasteiger partial charge in [-0.1, -0.05) is 6.07 Å². The zero-order valence-electron chi connectivity index (χ0n) is 10.8. The van der Waals surface area contributed by atoms with Crippen molar-refractivity contribution in [3.63, 3.8) is 0 Å². The van der Waals surface area contributed by atoms with Gasteiger partial charge in [0.2, 0.25) is 5.91 Å². The summed E-state index contributed by atoms with van der Waals surface area (Å²) in [5.74, 6) is 1.58. The average Bonchev–Trinajstić information content (AvgIpc) is 3.07. The number of amides is 1. The van der Waals surface area contributed by atoms with Gasteiger partial charge in [-0.3, -0.25) is 4.79 Å². The van der Waals surface area contributed by atoms with Crippen LogP contribution in [0.3, 0.4) is 0 Å². The maximum atomic E-state index is 11.7. The van der Waals surface area contributed by atoms with Crippen LogP contribution in [0.4, 0.5) is 0 Å². The summed E-state index contributed by atoms with van der Waals surface area (Å²) < 4.78 is 5.65. The highest BCUT2D eigenvalue weighted by Crippen LogP contribution is 2.34. The number of thiophene rings is 1. The summed E-state index contributed by atoms with van der Waals surface area (Å²) in [5.41, 5.74) is 0.948. The first kappa shape index (κ1) is 12.2. The first-order valence-corrected chi connectivity index (χ1v) is 7.00. The summed E-state index contributed by atoms with van der Waals surface area (Å²) in [4.78, 5) is 12.8. The number of rotatable bonds is 2. The number of carbonyl (C=O) groups excluding carboxylic acids is 1. The van der Waals surface area contributed by atoms with E-state index >= 15 is 0 Å². The Balaban J connectivity index is 1.93. The molecule has 1 aliphatic heterocycles. The van der Waals surface area contributed by atoms with E-state index in [1.165, 1.54) is 11.9 Å². The third-order valence-electron chi connectivity index (χ3n) is 3.13. The van der Waals surface area contributed by atoms with E-state index in [2.05, 4.69) is 5.10 Å². The van der Waals surface area contributed by atoms with Crippen molar-refractivity contribution in [3.05, 3.63) is 46.0 Å². The molecule has 3 heterocycles. The summed E-state index contributed by atoms with van der Waals surface area (Å²) in [6.45, 7) is 3.43. The zero-order chi connectivity index (χ0) is 13.4. The van der Waals surface area contributed by atoms with Crippen LogP contribution < -0.4 is 0 Å². The highest BCUT2D eigenvalue weighted by atomic mass is 32.1. The Bertz CT molecular complexity index is 628. The number of carbonyl (C=O) groups is 1. The van der Waals surface area contributed by atoms with E-state index in [0.29, 0.717) is 6.42 Å². The van der Waals surface area contributed by atoms with Crippen LogP contribution in [0.25, 0.3) is 0 Å². The topological polar surface area (TPSA) is 45.8 Å². The molecule has 2 aromatic rings. The van der Waals surface area contributed by atoms with E-state index < -0.39 is 0 Å². The molecule has 0 aromatic carbocycles. The number of furan rings is 1. The molecule has 0 bridgehead atoms. The molecule has 0 spiro atoms. The Morgan fingerprint density at radius 1 is 1.47 bits per heavy atom. The lowest BCUT2D eigenvalue weighted by molar-refractivity contribution is -0.130. The van der Waals surface area contributed by atoms with Crippen molar-refractivity contribution < 1.29 is 9.21 Å². The van der Waals surface area contributed by atoms with Crippen LogP contribution in [0, 0.1) is 6.92 Å². The maximum Gasteiger partial charge on any atom is 0.240 e. The quantitative estimate of drug-likeness (QED) is 0.843. The molecule has 5 heteroatoms. The van der Waals surface area contributed by atoms with Gasteiger partial charge in [-0.05, 0) is 30.5 Å². The van der Waals surface area contributed by atoms with Gasteiger partial charge in [0, 0.05) is 13.3 Å². The van der Waals surface area contributed by atoms with E-state index in [9.17, 15) is 4.79 Å². The molecule has 1 atom stereocenters. The van der Waals surface area contributed by atoms with Crippen LogP contribution in [-0.4, -0.2) is 16.6 Å². The summed E-state index contributed by atoms with van der Waals surface area (Å²) in [7, 11) is 0. The van der Waals surface area contributed by atoms with Gasteiger partial charge in [0.15, 0.2) is 0 Å². The van der Waals surface area contributed by atoms with Crippen molar-refractivity contribution in [2.75, 3.05) is 0 Å². The van der Waals surface area contributed by atoms with Crippen LogP contribution in [0.1, 0.15) is 35.8 Å². The minimum absolute atomic E-state index is 0.0643. The fourth-order valence-corrected chi connectivity index (χ4v) is 2.97. The summed E-state index contributed by atoms with van der Waals surface area (Å²) in [6, 6.07) is 7.73. The second-order valence-corrected chi connectivity index (χ2v) is 5.50. The fraction of sp³-hybridized carbons (Fsp3) is 0.286. The van der Waals surface area contributed by atoms with Gasteiger partial charge in [-0.15, -0.1) is 11.3 Å². The third kappa shape index (κ3) is 2.21. The second kappa shape index (κ2) is 4.66. The van der Waals surface area contributed by atoms with Crippen LogP contribution >= 0.6 is 11.3 Å². The molecule has 1 unspecified atom stereocenters. The van der Waals surface area contributed by atoms with E-state index in [1.807, 2.05) is 36.6 Å². The van der Waals surface area contributed by atoms with Gasteiger partial charge >= 0.3 is 0 Å². The standard InChI is InChI=1S/C14H14N2O2S/c1-9-5-6-13(18-9)12-8-11(14-4-3-7-19-14)15-16(12)10(2)17/h3-7,12H,8H2,1-2H3. The summed E-state index contributed by atoms with van der Waals surface area (Å²) >= 11 is 1.64. The van der Waals surface area contributed by atoms with Gasteiger partial charge in [0.1, 0.15) is 17.6 Å². The molecule has 0 radical (unpaired) electrons. The van der Waals surface area contributed by atoms with Crippen LogP contribution in [-0.2, 0) is 4.79 Å². The Morgan fingerprint density at radius 2 is 2.32 bits per heavy atom. The van der Waals surface area contributed by atoms with Gasteiger partial charge in [0.05, 0.1) is 10.6 Å². The molecular formula is C14H14N2O2S. The molecule has 3 rings (SSSR count). The fourth-order valence-electron chi connectivity index (χ4n) is 2.25. The van der Waals surface area contributed by atoms with Crippen molar-refractivity contribution in [2.45, 2.75) is 26.3 Å². The van der Waals surface area contributed by atoms with E-state index in [1.54, 1.807) is 11.3 Å². The highest BCUT2D eigenvalue weighted by Gasteiger charge is 2.33. The Kier molecular flexibility index (Phi) is 2.98. The van der Waals surface area contributed by atoms with E-state index in [0.717, 1.165) is 22.1 Å². The van der Waals surface area contributed by atoms with Crippen molar-refractivity contribution in [1.29, 1.82) is 0 Å². The molecule has 0 aliphatic carbocycles. The van der Waals surface area contributed by atoms with Gasteiger partial charge in [-0.25, -0.2) is 5.01 Å². The molecule has 98 valence electrons. The van der Waals surface area contributed by atoms with Crippen LogP contribution in [0.5, 0.6) is 0 Å². The number of hydrogen-bond acceptors (Lipinski definition) is 4. The maximum absolute atomic E-state index is 11.7. The minimum atomic E-state index is -0.122. The molecule has 1 aliphatic rings. The normalized spacial score (nSPS) is 18.7. The van der Waals surface area contributed by atoms with Crippen molar-refractivity contribution >= 4 is 23.0 Å². The Hall–Kier alpha value is -1.88. The van der Waals surface area contributed by atoms with Crippen LogP contribution in [0.2, 0.25) is 0 Å². The lowest BCUT2D eigenvalue weighted by Crippen LogP contribution is -2.23. The zero-order valence-corrected chi connectivity index (χ0v) is 11.6. The summed E-state index contributed by atoms with van der Waals surface area (Å²) in [5, 5.41) is 7.98. The second-order valence-electron chi connectivity index (χ2n) is 4.56. The molecule has 4 nitrogen and oxygen atoms in total. The van der Waals surface area contributed by atoms with Gasteiger partial charge in [-0.2, -0.15) is 5.10 Å². The average molecular weight is 274 g/mol. The lowest BCUT2D eigenvalue weighted by Gasteiger charge is -2.17. The Morgan fingerprint density at radius 3 is 2.89 bits per heavy atom. The smallest absolute Gasteiger partial charge is 0.240 e. The predicted molar refractivity (Wildman–Crippen MR) is 74.2 cm³/mol.